The monoisotopic (exact) mass is 204 g/mol. The van der Waals surface area contributed by atoms with E-state index in [0.717, 1.165) is 0 Å². The van der Waals surface area contributed by atoms with Gasteiger partial charge in [0.1, 0.15) is 0 Å². The second kappa shape index (κ2) is 2.27. The third-order valence-corrected chi connectivity index (χ3v) is 7.89. The molecule has 1 rings (SSSR count). The van der Waals surface area contributed by atoms with Crippen LogP contribution >= 0.6 is 8.58 Å². The van der Waals surface area contributed by atoms with Crippen LogP contribution in [0.3, 0.4) is 0 Å². The van der Waals surface area contributed by atoms with Crippen molar-refractivity contribution in [1.82, 2.24) is 0 Å². The van der Waals surface area contributed by atoms with Crippen LogP contribution in [-0.2, 0) is 0 Å². The topological polar surface area (TPSA) is 0 Å². The van der Waals surface area contributed by atoms with E-state index in [2.05, 4.69) is 9.91 Å². The molecular formula is C4H6ClIn. The number of hydrogen-bond donors (Lipinski definition) is 0. The predicted octanol–water partition coefficient (Wildman–Crippen LogP) is 1.72. The molecule has 32 valence electrons. The van der Waals surface area contributed by atoms with Gasteiger partial charge in [-0.05, 0) is 0 Å². The molecule has 0 amide bonds. The van der Waals surface area contributed by atoms with E-state index < -0.39 is 20.3 Å². The van der Waals surface area contributed by atoms with Crippen molar-refractivity contribution >= 4 is 28.8 Å². The molecule has 1 heterocycles. The zero-order valence-electron chi connectivity index (χ0n) is 3.52. The van der Waals surface area contributed by atoms with Gasteiger partial charge in [0.15, 0.2) is 0 Å². The molecule has 0 unspecified atom stereocenters. The van der Waals surface area contributed by atoms with Crippen molar-refractivity contribution < 1.29 is 0 Å². The van der Waals surface area contributed by atoms with Gasteiger partial charge in [-0.3, -0.25) is 0 Å². The van der Waals surface area contributed by atoms with E-state index in [1.807, 2.05) is 0 Å². The molecule has 0 saturated carbocycles. The molecule has 0 atom stereocenters. The summed E-state index contributed by atoms with van der Waals surface area (Å²) in [6, 6.07) is 0. The summed E-state index contributed by atoms with van der Waals surface area (Å²) < 4.78 is 3.60. The number of hydrogen-bond acceptors (Lipinski definition) is 0. The summed E-state index contributed by atoms with van der Waals surface area (Å²) in [5.74, 6) is 0. The molecule has 0 saturated heterocycles. The Kier molecular flexibility index (Phi) is 1.91. The zero-order chi connectivity index (χ0) is 4.41. The number of halogens is 1. The van der Waals surface area contributed by atoms with Gasteiger partial charge in [-0.2, -0.15) is 0 Å². The minimum absolute atomic E-state index is 1.27. The van der Waals surface area contributed by atoms with Gasteiger partial charge in [-0.25, -0.2) is 0 Å². The predicted molar refractivity (Wildman–Crippen MR) is 30.2 cm³/mol. The number of rotatable bonds is 0. The van der Waals surface area contributed by atoms with Crippen LogP contribution in [-0.4, -0.2) is 20.3 Å². The molecule has 0 aromatic rings. The van der Waals surface area contributed by atoms with Gasteiger partial charge in [0.05, 0.1) is 0 Å². The first-order chi connectivity index (χ1) is 2.89. The van der Waals surface area contributed by atoms with Crippen LogP contribution in [0, 0.1) is 0 Å². The Hall–Kier alpha value is 0.900. The van der Waals surface area contributed by atoms with Crippen molar-refractivity contribution in [3.05, 3.63) is 9.91 Å². The summed E-state index contributed by atoms with van der Waals surface area (Å²) in [6.07, 6.45) is 3.48. The average molecular weight is 204 g/mol. The van der Waals surface area contributed by atoms with Crippen LogP contribution in [0.25, 0.3) is 0 Å². The van der Waals surface area contributed by atoms with Gasteiger partial charge >= 0.3 is 49.3 Å². The van der Waals surface area contributed by atoms with Crippen molar-refractivity contribution in [2.24, 2.45) is 0 Å². The molecular weight excluding hydrogens is 198 g/mol. The third kappa shape index (κ3) is 1.19. The summed E-state index contributed by atoms with van der Waals surface area (Å²) in [7, 11) is 5.84. The van der Waals surface area contributed by atoms with Gasteiger partial charge < -0.3 is 0 Å². The third-order valence-electron chi connectivity index (χ3n) is 0.954. The van der Waals surface area contributed by atoms with Crippen molar-refractivity contribution in [1.29, 1.82) is 0 Å². The Bertz CT molecular complexity index is 69.9. The van der Waals surface area contributed by atoms with E-state index in [0.29, 0.717) is 0 Å². The van der Waals surface area contributed by atoms with Crippen LogP contribution in [0.4, 0.5) is 0 Å². The van der Waals surface area contributed by atoms with Crippen molar-refractivity contribution in [2.75, 3.05) is 0 Å². The van der Waals surface area contributed by atoms with Crippen molar-refractivity contribution in [3.8, 4) is 0 Å². The van der Waals surface area contributed by atoms with E-state index in [1.165, 1.54) is 10.6 Å². The standard InChI is InChI=1S/C4H6.ClH.In/c1-3-4-2;;/h1,3H,2,4H2;1H;/q;;+1/p-1. The quantitative estimate of drug-likeness (QED) is 0.563. The first kappa shape index (κ1) is 5.05. The van der Waals surface area contributed by atoms with E-state index in [9.17, 15) is 0 Å². The summed E-state index contributed by atoms with van der Waals surface area (Å²) in [6.45, 7) is 0. The summed E-state index contributed by atoms with van der Waals surface area (Å²) in [5.41, 5.74) is 0. The summed E-state index contributed by atoms with van der Waals surface area (Å²) in [5, 5.41) is 0. The molecule has 0 radical (unpaired) electrons. The molecule has 1 aliphatic rings. The van der Waals surface area contributed by atoms with E-state index in [4.69, 9.17) is 8.58 Å². The Balaban J connectivity index is 2.38. The summed E-state index contributed by atoms with van der Waals surface area (Å²) in [4.78, 5) is 0. The van der Waals surface area contributed by atoms with Crippen LogP contribution < -0.4 is 0 Å². The normalized spacial score (nSPS) is 19.8. The van der Waals surface area contributed by atoms with Gasteiger partial charge in [-0.1, -0.05) is 0 Å². The maximum absolute atomic E-state index is 5.84. The Morgan fingerprint density at radius 3 is 2.67 bits per heavy atom. The molecule has 0 nitrogen and oxygen atoms in total. The SMILES string of the molecule is [Cl][In]1[CH]=CC[CH2]1. The molecule has 0 aromatic carbocycles. The fourth-order valence-corrected chi connectivity index (χ4v) is 5.53. The average Bonchev–Trinajstić information content (AvgIpc) is 1.86. The van der Waals surface area contributed by atoms with Crippen LogP contribution in [0.15, 0.2) is 9.91 Å². The van der Waals surface area contributed by atoms with Crippen LogP contribution in [0.5, 0.6) is 0 Å². The second-order valence-corrected chi connectivity index (χ2v) is 11.0. The van der Waals surface area contributed by atoms with Crippen molar-refractivity contribution in [3.63, 3.8) is 0 Å². The molecule has 2 heteroatoms. The second-order valence-electron chi connectivity index (χ2n) is 1.52. The fraction of sp³-hybridized carbons (Fsp3) is 0.500. The van der Waals surface area contributed by atoms with E-state index >= 15 is 0 Å². The molecule has 0 bridgehead atoms. The molecule has 1 aliphatic heterocycles. The molecule has 0 spiro atoms. The molecule has 0 aliphatic carbocycles. The zero-order valence-corrected chi connectivity index (χ0v) is 7.58. The van der Waals surface area contributed by atoms with Gasteiger partial charge in [0, 0.05) is 0 Å². The Morgan fingerprint density at radius 1 is 1.67 bits per heavy atom. The molecule has 6 heavy (non-hydrogen) atoms. The van der Waals surface area contributed by atoms with Gasteiger partial charge in [0.2, 0.25) is 0 Å². The first-order valence-electron chi connectivity index (χ1n) is 2.20. The maximum atomic E-state index is 5.84. The van der Waals surface area contributed by atoms with Crippen LogP contribution in [0.1, 0.15) is 6.42 Å². The van der Waals surface area contributed by atoms with Gasteiger partial charge in [-0.15, -0.1) is 0 Å². The van der Waals surface area contributed by atoms with Crippen molar-refractivity contribution in [2.45, 2.75) is 10.6 Å². The number of allylic oxidation sites excluding steroid dienone is 1. The fourth-order valence-electron chi connectivity index (χ4n) is 0.596. The first-order valence-corrected chi connectivity index (χ1v) is 10.6. The molecule has 0 aromatic heterocycles. The Labute approximate surface area is 49.3 Å². The Morgan fingerprint density at radius 2 is 2.50 bits per heavy atom. The van der Waals surface area contributed by atoms with E-state index in [1.54, 1.807) is 0 Å². The summed E-state index contributed by atoms with van der Waals surface area (Å²) >= 11 is -1.32. The molecule has 0 fully saturated rings. The molecule has 0 N–H and O–H groups in total. The minimum atomic E-state index is -1.32. The van der Waals surface area contributed by atoms with E-state index in [-0.39, 0.29) is 0 Å². The van der Waals surface area contributed by atoms with Crippen LogP contribution in [0.2, 0.25) is 4.18 Å². The van der Waals surface area contributed by atoms with Gasteiger partial charge in [0.25, 0.3) is 0 Å².